The molecular formula is C15H21N5S. The minimum absolute atomic E-state index is 0.393. The van der Waals surface area contributed by atoms with E-state index in [4.69, 9.17) is 5.73 Å². The largest absolute Gasteiger partial charge is 0.368 e. The zero-order valence-electron chi connectivity index (χ0n) is 12.4. The zero-order chi connectivity index (χ0) is 14.4. The summed E-state index contributed by atoms with van der Waals surface area (Å²) in [5, 5.41) is 1.16. The van der Waals surface area contributed by atoms with Gasteiger partial charge in [0.25, 0.3) is 0 Å². The molecule has 6 heteroatoms. The van der Waals surface area contributed by atoms with Gasteiger partial charge in [-0.05, 0) is 45.3 Å². The Kier molecular flexibility index (Phi) is 3.23. The fourth-order valence-corrected chi connectivity index (χ4v) is 4.50. The van der Waals surface area contributed by atoms with Crippen molar-refractivity contribution in [3.05, 3.63) is 10.9 Å². The van der Waals surface area contributed by atoms with E-state index < -0.39 is 0 Å². The Hall–Kier alpha value is -1.40. The maximum atomic E-state index is 5.91. The number of thiophene rings is 1. The topological polar surface area (TPSA) is 58.3 Å². The van der Waals surface area contributed by atoms with Gasteiger partial charge < -0.3 is 10.6 Å². The molecule has 0 saturated carbocycles. The van der Waals surface area contributed by atoms with Crippen LogP contribution >= 0.6 is 11.3 Å². The number of nitrogen functional groups attached to an aromatic ring is 1. The molecule has 4 rings (SSSR count). The SMILES string of the molecule is Cc1cc2c(N3CCC(N4CCCC4)C3)nc(N)nc2s1. The highest BCUT2D eigenvalue weighted by Crippen LogP contribution is 2.33. The number of hydrogen-bond donors (Lipinski definition) is 1. The summed E-state index contributed by atoms with van der Waals surface area (Å²) in [6.45, 7) is 6.78. The maximum absolute atomic E-state index is 5.91. The molecule has 2 aliphatic rings. The summed E-state index contributed by atoms with van der Waals surface area (Å²) in [7, 11) is 0. The maximum Gasteiger partial charge on any atom is 0.223 e. The molecule has 2 aliphatic heterocycles. The second kappa shape index (κ2) is 5.10. The third-order valence-corrected chi connectivity index (χ3v) is 5.58. The van der Waals surface area contributed by atoms with E-state index in [0.29, 0.717) is 12.0 Å². The Labute approximate surface area is 128 Å². The molecule has 0 bridgehead atoms. The number of anilines is 2. The summed E-state index contributed by atoms with van der Waals surface area (Å²) in [6.07, 6.45) is 3.93. The van der Waals surface area contributed by atoms with Crippen LogP contribution in [-0.2, 0) is 0 Å². The van der Waals surface area contributed by atoms with Gasteiger partial charge in [0.1, 0.15) is 10.6 Å². The molecule has 2 fully saturated rings. The van der Waals surface area contributed by atoms with E-state index in [1.54, 1.807) is 11.3 Å². The zero-order valence-corrected chi connectivity index (χ0v) is 13.2. The summed E-state index contributed by atoms with van der Waals surface area (Å²) < 4.78 is 0. The molecule has 0 aromatic carbocycles. The number of hydrogen-bond acceptors (Lipinski definition) is 6. The van der Waals surface area contributed by atoms with Gasteiger partial charge in [-0.15, -0.1) is 11.3 Å². The van der Waals surface area contributed by atoms with E-state index in [2.05, 4.69) is 32.8 Å². The van der Waals surface area contributed by atoms with Crippen LogP contribution in [0.4, 0.5) is 11.8 Å². The third kappa shape index (κ3) is 2.36. The van der Waals surface area contributed by atoms with Crippen molar-refractivity contribution in [1.82, 2.24) is 14.9 Å². The Bertz CT molecular complexity index is 661. The molecule has 4 heterocycles. The van der Waals surface area contributed by atoms with Crippen LogP contribution in [0, 0.1) is 6.92 Å². The van der Waals surface area contributed by atoms with Gasteiger partial charge in [0.2, 0.25) is 5.95 Å². The molecule has 2 aromatic heterocycles. The third-order valence-electron chi connectivity index (χ3n) is 4.63. The molecular weight excluding hydrogens is 282 g/mol. The summed E-state index contributed by atoms with van der Waals surface area (Å²) in [4.78, 5) is 16.2. The van der Waals surface area contributed by atoms with Crippen molar-refractivity contribution in [1.29, 1.82) is 0 Å². The molecule has 2 N–H and O–H groups in total. The molecule has 2 aromatic rings. The quantitative estimate of drug-likeness (QED) is 0.922. The average Bonchev–Trinajstić information content (AvgIpc) is 3.16. The van der Waals surface area contributed by atoms with Crippen molar-refractivity contribution in [2.45, 2.75) is 32.2 Å². The average molecular weight is 303 g/mol. The molecule has 1 unspecified atom stereocenters. The lowest BCUT2D eigenvalue weighted by Crippen LogP contribution is -2.35. The van der Waals surface area contributed by atoms with Crippen LogP contribution in [0.3, 0.4) is 0 Å². The van der Waals surface area contributed by atoms with Crippen LogP contribution in [-0.4, -0.2) is 47.1 Å². The Morgan fingerprint density at radius 3 is 2.86 bits per heavy atom. The van der Waals surface area contributed by atoms with Gasteiger partial charge in [-0.3, -0.25) is 4.90 Å². The molecule has 0 amide bonds. The number of aryl methyl sites for hydroxylation is 1. The number of nitrogens with zero attached hydrogens (tertiary/aromatic N) is 4. The van der Waals surface area contributed by atoms with Gasteiger partial charge in [-0.1, -0.05) is 0 Å². The molecule has 1 atom stereocenters. The monoisotopic (exact) mass is 303 g/mol. The van der Waals surface area contributed by atoms with E-state index in [1.807, 2.05) is 0 Å². The summed E-state index contributed by atoms with van der Waals surface area (Å²) in [5.41, 5.74) is 5.91. The first-order chi connectivity index (χ1) is 10.2. The van der Waals surface area contributed by atoms with E-state index in [9.17, 15) is 0 Å². The van der Waals surface area contributed by atoms with E-state index >= 15 is 0 Å². The second-order valence-corrected chi connectivity index (χ2v) is 7.35. The molecule has 112 valence electrons. The Morgan fingerprint density at radius 1 is 1.24 bits per heavy atom. The lowest BCUT2D eigenvalue weighted by molar-refractivity contribution is 0.260. The number of fused-ring (bicyclic) bond motifs is 1. The highest BCUT2D eigenvalue weighted by atomic mass is 32.1. The molecule has 0 spiro atoms. The minimum Gasteiger partial charge on any atom is -0.368 e. The van der Waals surface area contributed by atoms with Crippen LogP contribution in [0.5, 0.6) is 0 Å². The fourth-order valence-electron chi connectivity index (χ4n) is 3.62. The number of nitrogens with two attached hydrogens (primary N) is 1. The first-order valence-corrected chi connectivity index (χ1v) is 8.55. The smallest absolute Gasteiger partial charge is 0.223 e. The van der Waals surface area contributed by atoms with E-state index in [0.717, 1.165) is 29.1 Å². The van der Waals surface area contributed by atoms with E-state index in [1.165, 1.54) is 37.2 Å². The lowest BCUT2D eigenvalue weighted by atomic mass is 10.2. The van der Waals surface area contributed by atoms with Crippen LogP contribution in [0.1, 0.15) is 24.1 Å². The van der Waals surface area contributed by atoms with Gasteiger partial charge >= 0.3 is 0 Å². The van der Waals surface area contributed by atoms with Gasteiger partial charge in [0.05, 0.1) is 5.39 Å². The first kappa shape index (κ1) is 13.3. The fraction of sp³-hybridized carbons (Fsp3) is 0.600. The number of likely N-dealkylation sites (tertiary alicyclic amines) is 1. The van der Waals surface area contributed by atoms with Crippen LogP contribution < -0.4 is 10.6 Å². The summed E-state index contributed by atoms with van der Waals surface area (Å²) in [5.74, 6) is 1.42. The molecule has 5 nitrogen and oxygen atoms in total. The van der Waals surface area contributed by atoms with Crippen LogP contribution in [0.15, 0.2) is 6.07 Å². The predicted molar refractivity (Wildman–Crippen MR) is 88.0 cm³/mol. The van der Waals surface area contributed by atoms with Crippen LogP contribution in [0.25, 0.3) is 10.2 Å². The van der Waals surface area contributed by atoms with Crippen LogP contribution in [0.2, 0.25) is 0 Å². The lowest BCUT2D eigenvalue weighted by Gasteiger charge is -2.24. The molecule has 21 heavy (non-hydrogen) atoms. The Morgan fingerprint density at radius 2 is 2.05 bits per heavy atom. The predicted octanol–water partition coefficient (Wildman–Crippen LogP) is 2.26. The first-order valence-electron chi connectivity index (χ1n) is 7.73. The van der Waals surface area contributed by atoms with Gasteiger partial charge in [0, 0.05) is 24.0 Å². The minimum atomic E-state index is 0.393. The second-order valence-electron chi connectivity index (χ2n) is 6.11. The van der Waals surface area contributed by atoms with Gasteiger partial charge in [-0.2, -0.15) is 4.98 Å². The van der Waals surface area contributed by atoms with Crippen molar-refractivity contribution in [3.8, 4) is 0 Å². The van der Waals surface area contributed by atoms with Crippen molar-refractivity contribution in [2.75, 3.05) is 36.8 Å². The van der Waals surface area contributed by atoms with Crippen molar-refractivity contribution in [3.63, 3.8) is 0 Å². The normalized spacial score (nSPS) is 23.5. The highest BCUT2D eigenvalue weighted by molar-refractivity contribution is 7.18. The highest BCUT2D eigenvalue weighted by Gasteiger charge is 2.31. The molecule has 0 radical (unpaired) electrons. The number of aromatic nitrogens is 2. The van der Waals surface area contributed by atoms with Gasteiger partial charge in [-0.25, -0.2) is 4.98 Å². The summed E-state index contributed by atoms with van der Waals surface area (Å²) in [6, 6.07) is 2.87. The Balaban J connectivity index is 1.64. The van der Waals surface area contributed by atoms with Crippen molar-refractivity contribution >= 4 is 33.3 Å². The standard InChI is InChI=1S/C15H21N5S/c1-10-8-12-13(17-15(16)18-14(12)21-10)20-7-4-11(9-20)19-5-2-3-6-19/h8,11H,2-7,9H2,1H3,(H2,16,17,18). The molecule has 0 aliphatic carbocycles. The van der Waals surface area contributed by atoms with Gasteiger partial charge in [0.15, 0.2) is 0 Å². The van der Waals surface area contributed by atoms with Crippen molar-refractivity contribution in [2.24, 2.45) is 0 Å². The summed E-state index contributed by atoms with van der Waals surface area (Å²) >= 11 is 1.70. The van der Waals surface area contributed by atoms with Crippen molar-refractivity contribution < 1.29 is 0 Å². The molecule has 2 saturated heterocycles. The van der Waals surface area contributed by atoms with E-state index in [-0.39, 0.29) is 0 Å². The number of rotatable bonds is 2.